The zero-order chi connectivity index (χ0) is 35.8. The van der Waals surface area contributed by atoms with Gasteiger partial charge < -0.3 is 4.57 Å². The molecule has 258 valence electrons. The molecule has 0 spiro atoms. The maximum Gasteiger partial charge on any atom is 0.235 e. The number of hydrogen-bond acceptors (Lipinski definition) is 6. The summed E-state index contributed by atoms with van der Waals surface area (Å²) in [5.41, 5.74) is 16.9. The molecule has 0 saturated carbocycles. The monoisotopic (exact) mass is 705 g/mol. The van der Waals surface area contributed by atoms with Crippen LogP contribution in [-0.2, 0) is 6.42 Å². The third-order valence-electron chi connectivity index (χ3n) is 12.0. The summed E-state index contributed by atoms with van der Waals surface area (Å²) in [6.07, 6.45) is 15.9. The van der Waals surface area contributed by atoms with Crippen LogP contribution in [0.5, 0.6) is 0 Å². The number of para-hydroxylation sites is 5. The lowest BCUT2D eigenvalue weighted by Gasteiger charge is -2.41. The van der Waals surface area contributed by atoms with Crippen LogP contribution in [0.1, 0.15) is 24.0 Å². The zero-order valence-corrected chi connectivity index (χ0v) is 29.7. The molecule has 1 atom stereocenters. The summed E-state index contributed by atoms with van der Waals surface area (Å²) in [5, 5.41) is 4.61. The average molecular weight is 706 g/mol. The van der Waals surface area contributed by atoms with E-state index in [9.17, 15) is 0 Å². The van der Waals surface area contributed by atoms with Crippen LogP contribution in [-0.4, -0.2) is 24.5 Å². The molecule has 0 saturated heterocycles. The van der Waals surface area contributed by atoms with Crippen LogP contribution in [0.25, 0.3) is 54.9 Å². The van der Waals surface area contributed by atoms with Crippen molar-refractivity contribution < 1.29 is 0 Å². The summed E-state index contributed by atoms with van der Waals surface area (Å²) < 4.78 is 2.52. The highest BCUT2D eigenvalue weighted by Crippen LogP contribution is 2.54. The second-order valence-corrected chi connectivity index (χ2v) is 15.1. The average Bonchev–Trinajstić information content (AvgIpc) is 3.84. The molecule has 7 nitrogen and oxygen atoms in total. The minimum absolute atomic E-state index is 0.472. The van der Waals surface area contributed by atoms with Gasteiger partial charge in [-0.25, -0.2) is 19.9 Å². The highest BCUT2D eigenvalue weighted by Gasteiger charge is 2.39. The van der Waals surface area contributed by atoms with Crippen molar-refractivity contribution in [1.29, 1.82) is 0 Å². The van der Waals surface area contributed by atoms with E-state index < -0.39 is 0 Å². The molecule has 5 aromatic carbocycles. The fourth-order valence-electron chi connectivity index (χ4n) is 9.49. The molecule has 5 aliphatic rings. The van der Waals surface area contributed by atoms with Crippen LogP contribution in [0, 0.1) is 5.92 Å². The molecule has 4 heterocycles. The normalized spacial score (nSPS) is 18.1. The van der Waals surface area contributed by atoms with E-state index in [0.29, 0.717) is 17.8 Å². The molecule has 0 amide bonds. The lowest BCUT2D eigenvalue weighted by atomic mass is 9.94. The van der Waals surface area contributed by atoms with Gasteiger partial charge in [-0.3, -0.25) is 9.80 Å². The SMILES string of the molecule is C1=CC2=C(c3cc4c(cc3C2)c2ccccc2n4C2=CC3=C(CC2)N(c2ncc4ccccc4n2)c2ccccc2N3c2ncc3ccccc3n2)[C@@H]2C=C12. The fourth-order valence-corrected chi connectivity index (χ4v) is 9.49. The van der Waals surface area contributed by atoms with Crippen molar-refractivity contribution in [1.82, 2.24) is 24.5 Å². The number of hydrogen-bond donors (Lipinski definition) is 0. The summed E-state index contributed by atoms with van der Waals surface area (Å²) in [7, 11) is 0. The van der Waals surface area contributed by atoms with Crippen molar-refractivity contribution in [3.8, 4) is 0 Å². The van der Waals surface area contributed by atoms with E-state index in [1.165, 1.54) is 55.3 Å². The predicted octanol–water partition coefficient (Wildman–Crippen LogP) is 11.0. The molecule has 0 fully saturated rings. The molecule has 0 N–H and O–H groups in total. The van der Waals surface area contributed by atoms with E-state index in [-0.39, 0.29) is 0 Å². The summed E-state index contributed by atoms with van der Waals surface area (Å²) in [5.74, 6) is 1.76. The van der Waals surface area contributed by atoms with Crippen molar-refractivity contribution in [3.63, 3.8) is 0 Å². The first-order valence-corrected chi connectivity index (χ1v) is 19.0. The van der Waals surface area contributed by atoms with E-state index in [1.807, 2.05) is 36.7 Å². The van der Waals surface area contributed by atoms with Crippen molar-refractivity contribution in [3.05, 3.63) is 180 Å². The molecular weight excluding hydrogens is 675 g/mol. The first kappa shape index (κ1) is 29.3. The minimum atomic E-state index is 0.472. The number of aromatic nitrogens is 5. The number of nitrogens with zero attached hydrogens (tertiary/aromatic N) is 7. The molecule has 0 unspecified atom stereocenters. The van der Waals surface area contributed by atoms with Gasteiger partial charge in [-0.05, 0) is 95.6 Å². The smallest absolute Gasteiger partial charge is 0.235 e. The molecular formula is C48H31N7. The maximum atomic E-state index is 5.18. The van der Waals surface area contributed by atoms with Crippen molar-refractivity contribution >= 4 is 78.2 Å². The number of rotatable bonds is 3. The molecule has 8 aromatic rings. The predicted molar refractivity (Wildman–Crippen MR) is 221 cm³/mol. The summed E-state index contributed by atoms with van der Waals surface area (Å²) in [4.78, 5) is 24.8. The molecule has 4 aliphatic carbocycles. The van der Waals surface area contributed by atoms with Crippen LogP contribution < -0.4 is 9.80 Å². The van der Waals surface area contributed by atoms with Crippen molar-refractivity contribution in [2.24, 2.45) is 5.92 Å². The quantitative estimate of drug-likeness (QED) is 0.182. The van der Waals surface area contributed by atoms with E-state index in [4.69, 9.17) is 19.9 Å². The third kappa shape index (κ3) is 4.15. The van der Waals surface area contributed by atoms with Gasteiger partial charge >= 0.3 is 0 Å². The lowest BCUT2D eigenvalue weighted by Crippen LogP contribution is -2.34. The van der Waals surface area contributed by atoms with Crippen LogP contribution in [0.15, 0.2) is 168 Å². The largest absolute Gasteiger partial charge is 0.313 e. The summed E-state index contributed by atoms with van der Waals surface area (Å²) in [6.45, 7) is 0. The van der Waals surface area contributed by atoms with Gasteiger partial charge in [0.25, 0.3) is 0 Å². The standard InChI is InChI=1S/C48H31N7/c1-4-12-38-30(9-1)26-49-47(51-38)54-41-15-7-8-16-42(41)55(48-50-27-31-10-2-5-13-39(31)52-48)45-24-33(19-20-43(45)54)53-40-14-6-3-11-34(40)37-23-32-21-29-18-17-28-22-35(28)46(29)36(32)25-44(37)53/h1-18,22-27,35H,19-21H2/t35-/m1/s1. The highest BCUT2D eigenvalue weighted by molar-refractivity contribution is 6.12. The van der Waals surface area contributed by atoms with Crippen LogP contribution in [0.2, 0.25) is 0 Å². The Kier molecular flexibility index (Phi) is 5.73. The zero-order valence-electron chi connectivity index (χ0n) is 29.7. The Morgan fingerprint density at radius 2 is 1.31 bits per heavy atom. The Hall–Kier alpha value is -7.12. The summed E-state index contributed by atoms with van der Waals surface area (Å²) >= 11 is 0. The minimum Gasteiger partial charge on any atom is -0.313 e. The van der Waals surface area contributed by atoms with Gasteiger partial charge in [0.1, 0.15) is 0 Å². The van der Waals surface area contributed by atoms with Gasteiger partial charge in [-0.15, -0.1) is 0 Å². The molecule has 0 bridgehead atoms. The molecule has 1 aliphatic heterocycles. The number of benzene rings is 5. The van der Waals surface area contributed by atoms with Crippen molar-refractivity contribution in [2.75, 3.05) is 9.80 Å². The van der Waals surface area contributed by atoms with E-state index in [0.717, 1.165) is 63.8 Å². The lowest BCUT2D eigenvalue weighted by molar-refractivity contribution is 0.833. The summed E-state index contributed by atoms with van der Waals surface area (Å²) in [6, 6.07) is 38.7. The Balaban J connectivity index is 1.06. The van der Waals surface area contributed by atoms with Gasteiger partial charge in [0.2, 0.25) is 11.9 Å². The molecule has 13 rings (SSSR count). The van der Waals surface area contributed by atoms with Crippen molar-refractivity contribution in [2.45, 2.75) is 19.3 Å². The number of anilines is 4. The van der Waals surface area contributed by atoms with E-state index >= 15 is 0 Å². The Morgan fingerprint density at radius 3 is 2.11 bits per heavy atom. The third-order valence-corrected chi connectivity index (χ3v) is 12.0. The van der Waals surface area contributed by atoms with Gasteiger partial charge in [0.15, 0.2) is 0 Å². The number of allylic oxidation sites excluding steroid dienone is 9. The maximum absolute atomic E-state index is 5.18. The molecule has 7 heteroatoms. The van der Waals surface area contributed by atoms with E-state index in [2.05, 4.69) is 124 Å². The highest BCUT2D eigenvalue weighted by atomic mass is 15.4. The van der Waals surface area contributed by atoms with Crippen LogP contribution in [0.4, 0.5) is 23.3 Å². The molecule has 0 radical (unpaired) electrons. The van der Waals surface area contributed by atoms with Crippen LogP contribution >= 0.6 is 0 Å². The number of fused-ring (bicyclic) bond motifs is 10. The van der Waals surface area contributed by atoms with Crippen LogP contribution in [0.3, 0.4) is 0 Å². The molecule has 3 aromatic heterocycles. The van der Waals surface area contributed by atoms with Gasteiger partial charge in [-0.2, -0.15) is 0 Å². The fraction of sp³-hybridized carbons (Fsp3) is 0.0833. The topological polar surface area (TPSA) is 63.0 Å². The Bertz CT molecular complexity index is 3210. The first-order valence-electron chi connectivity index (χ1n) is 19.0. The Labute approximate surface area is 316 Å². The second kappa shape index (κ2) is 10.7. The Morgan fingerprint density at radius 1 is 0.618 bits per heavy atom. The van der Waals surface area contributed by atoms with Gasteiger partial charge in [0, 0.05) is 45.6 Å². The van der Waals surface area contributed by atoms with Gasteiger partial charge in [-0.1, -0.05) is 85.0 Å². The van der Waals surface area contributed by atoms with Gasteiger partial charge in [0.05, 0.1) is 44.8 Å². The van der Waals surface area contributed by atoms with E-state index in [1.54, 1.807) is 0 Å². The second-order valence-electron chi connectivity index (χ2n) is 15.1. The molecule has 55 heavy (non-hydrogen) atoms. The first-order chi connectivity index (χ1) is 27.2.